The molecule has 0 spiro atoms. The van der Waals surface area contributed by atoms with Gasteiger partial charge in [0.05, 0.1) is 4.92 Å². The summed E-state index contributed by atoms with van der Waals surface area (Å²) in [5.74, 6) is 0. The Morgan fingerprint density at radius 2 is 1.96 bits per heavy atom. The molecule has 0 unspecified atom stereocenters. The first-order valence-electron chi connectivity index (χ1n) is 6.92. The van der Waals surface area contributed by atoms with E-state index in [0.717, 1.165) is 11.8 Å². The number of hydrogen-bond donors (Lipinski definition) is 0. The van der Waals surface area contributed by atoms with E-state index in [1.54, 1.807) is 31.3 Å². The predicted octanol–water partition coefficient (Wildman–Crippen LogP) is 3.71. The molecule has 6 heteroatoms. The molecule has 0 radical (unpaired) electrons. The van der Waals surface area contributed by atoms with Crippen LogP contribution in [0.25, 0.3) is 6.08 Å². The number of nitro groups is 1. The normalized spacial score (nSPS) is 10.5. The molecule has 2 aromatic carbocycles. The van der Waals surface area contributed by atoms with Gasteiger partial charge in [-0.15, -0.1) is 0 Å². The summed E-state index contributed by atoms with van der Waals surface area (Å²) in [6.07, 6.45) is 1.73. The van der Waals surface area contributed by atoms with E-state index in [0.29, 0.717) is 11.3 Å². The van der Waals surface area contributed by atoms with E-state index in [1.807, 2.05) is 30.3 Å². The first-order chi connectivity index (χ1) is 11.1. The van der Waals surface area contributed by atoms with Crippen LogP contribution in [0.4, 0.5) is 10.5 Å². The van der Waals surface area contributed by atoms with Crippen LogP contribution in [0.2, 0.25) is 0 Å². The molecule has 6 nitrogen and oxygen atoms in total. The van der Waals surface area contributed by atoms with Crippen molar-refractivity contribution in [2.45, 2.75) is 6.61 Å². The number of benzene rings is 2. The molecule has 1 amide bonds. The number of carbonyl (C=O) groups excluding carboxylic acids is 1. The molecule has 118 valence electrons. The van der Waals surface area contributed by atoms with Crippen LogP contribution in [-0.4, -0.2) is 18.1 Å². The van der Waals surface area contributed by atoms with Gasteiger partial charge in [0.1, 0.15) is 6.61 Å². The summed E-state index contributed by atoms with van der Waals surface area (Å²) in [5, 5.41) is 10.4. The summed E-state index contributed by atoms with van der Waals surface area (Å²) in [6, 6.07) is 16.2. The Morgan fingerprint density at radius 1 is 1.22 bits per heavy atom. The third kappa shape index (κ3) is 4.96. The molecule has 23 heavy (non-hydrogen) atoms. The fourth-order valence-corrected chi connectivity index (χ4v) is 1.91. The molecule has 0 aromatic heterocycles. The molecule has 0 bridgehead atoms. The molecule has 0 heterocycles. The topological polar surface area (TPSA) is 72.7 Å². The van der Waals surface area contributed by atoms with Gasteiger partial charge in [0.15, 0.2) is 0 Å². The van der Waals surface area contributed by atoms with Gasteiger partial charge in [-0.3, -0.25) is 15.0 Å². The van der Waals surface area contributed by atoms with Crippen LogP contribution < -0.4 is 4.90 Å². The summed E-state index contributed by atoms with van der Waals surface area (Å²) in [5.41, 5.74) is 2.12. The highest BCUT2D eigenvalue weighted by Gasteiger charge is 2.12. The Hall–Kier alpha value is -3.15. The lowest BCUT2D eigenvalue weighted by atomic mass is 10.2. The first kappa shape index (κ1) is 16.2. The SMILES string of the molecule is CN(C(=O)OCc1ccccc1)c1cccc(C=C[N+](=O)[O-])c1. The number of carbonyl (C=O) groups is 1. The number of rotatable bonds is 5. The maximum absolute atomic E-state index is 12.1. The van der Waals surface area contributed by atoms with E-state index in [-0.39, 0.29) is 6.61 Å². The summed E-state index contributed by atoms with van der Waals surface area (Å²) >= 11 is 0. The summed E-state index contributed by atoms with van der Waals surface area (Å²) < 4.78 is 5.24. The highest BCUT2D eigenvalue weighted by atomic mass is 16.6. The van der Waals surface area contributed by atoms with Crippen LogP contribution in [0.3, 0.4) is 0 Å². The monoisotopic (exact) mass is 312 g/mol. The van der Waals surface area contributed by atoms with Gasteiger partial charge in [-0.2, -0.15) is 0 Å². The molecule has 0 saturated carbocycles. The molecule has 0 fully saturated rings. The smallest absolute Gasteiger partial charge is 0.414 e. The molecule has 0 aliphatic carbocycles. The van der Waals surface area contributed by atoms with Gasteiger partial charge in [0, 0.05) is 18.8 Å². The van der Waals surface area contributed by atoms with Gasteiger partial charge in [0.2, 0.25) is 6.20 Å². The minimum atomic E-state index is -0.537. The molecule has 2 rings (SSSR count). The zero-order chi connectivity index (χ0) is 16.7. The predicted molar refractivity (Wildman–Crippen MR) is 87.5 cm³/mol. The second-order valence-corrected chi connectivity index (χ2v) is 4.80. The molecule has 0 atom stereocenters. The Morgan fingerprint density at radius 3 is 2.65 bits per heavy atom. The molecular formula is C17H16N2O4. The van der Waals surface area contributed by atoms with Crippen LogP contribution in [0, 0.1) is 10.1 Å². The highest BCUT2D eigenvalue weighted by Crippen LogP contribution is 2.17. The van der Waals surface area contributed by atoms with Crippen LogP contribution in [0.15, 0.2) is 60.8 Å². The van der Waals surface area contributed by atoms with Crippen molar-refractivity contribution in [1.82, 2.24) is 0 Å². The van der Waals surface area contributed by atoms with Crippen molar-refractivity contribution in [3.63, 3.8) is 0 Å². The van der Waals surface area contributed by atoms with Gasteiger partial charge in [0.25, 0.3) is 0 Å². The van der Waals surface area contributed by atoms with Crippen molar-refractivity contribution < 1.29 is 14.5 Å². The van der Waals surface area contributed by atoms with Crippen molar-refractivity contribution in [2.75, 3.05) is 11.9 Å². The van der Waals surface area contributed by atoms with E-state index >= 15 is 0 Å². The maximum Gasteiger partial charge on any atom is 0.414 e. The zero-order valence-electron chi connectivity index (χ0n) is 12.6. The summed E-state index contributed by atoms with van der Waals surface area (Å²) in [6.45, 7) is 0.185. The average Bonchev–Trinajstić information content (AvgIpc) is 2.58. The van der Waals surface area contributed by atoms with E-state index in [9.17, 15) is 14.9 Å². The zero-order valence-corrected chi connectivity index (χ0v) is 12.6. The third-order valence-electron chi connectivity index (χ3n) is 3.13. The van der Waals surface area contributed by atoms with Gasteiger partial charge >= 0.3 is 6.09 Å². The van der Waals surface area contributed by atoms with Crippen molar-refractivity contribution in [1.29, 1.82) is 0 Å². The van der Waals surface area contributed by atoms with Crippen LogP contribution in [-0.2, 0) is 11.3 Å². The van der Waals surface area contributed by atoms with Gasteiger partial charge in [-0.05, 0) is 23.3 Å². The van der Waals surface area contributed by atoms with E-state index in [2.05, 4.69) is 0 Å². The van der Waals surface area contributed by atoms with Crippen LogP contribution in [0.5, 0.6) is 0 Å². The molecule has 2 aromatic rings. The largest absolute Gasteiger partial charge is 0.444 e. The lowest BCUT2D eigenvalue weighted by Crippen LogP contribution is -2.26. The van der Waals surface area contributed by atoms with Crippen LogP contribution >= 0.6 is 0 Å². The highest BCUT2D eigenvalue weighted by molar-refractivity contribution is 5.87. The van der Waals surface area contributed by atoms with Crippen molar-refractivity contribution in [2.24, 2.45) is 0 Å². The molecule has 0 aliphatic rings. The fourth-order valence-electron chi connectivity index (χ4n) is 1.91. The molecule has 0 aliphatic heterocycles. The quantitative estimate of drug-likeness (QED) is 0.623. The van der Waals surface area contributed by atoms with Gasteiger partial charge < -0.3 is 4.74 Å². The Bertz CT molecular complexity index is 714. The standard InChI is InChI=1S/C17H16N2O4/c1-18(17(20)23-13-15-6-3-2-4-7-15)16-9-5-8-14(12-16)10-11-19(21)22/h2-12H,13H2,1H3. The van der Waals surface area contributed by atoms with Crippen molar-refractivity contribution in [3.05, 3.63) is 82.0 Å². The number of amides is 1. The Balaban J connectivity index is 2.01. The third-order valence-corrected chi connectivity index (χ3v) is 3.13. The van der Waals surface area contributed by atoms with Crippen molar-refractivity contribution in [3.8, 4) is 0 Å². The second-order valence-electron chi connectivity index (χ2n) is 4.80. The number of ether oxygens (including phenoxy) is 1. The first-order valence-corrected chi connectivity index (χ1v) is 6.92. The van der Waals surface area contributed by atoms with Gasteiger partial charge in [-0.25, -0.2) is 4.79 Å². The average molecular weight is 312 g/mol. The minimum Gasteiger partial charge on any atom is -0.444 e. The maximum atomic E-state index is 12.1. The minimum absolute atomic E-state index is 0.185. The number of anilines is 1. The van der Waals surface area contributed by atoms with Crippen molar-refractivity contribution >= 4 is 17.9 Å². The number of hydrogen-bond acceptors (Lipinski definition) is 4. The summed E-state index contributed by atoms with van der Waals surface area (Å²) in [4.78, 5) is 23.2. The molecule has 0 N–H and O–H groups in total. The molecule has 0 saturated heterocycles. The van der Waals surface area contributed by atoms with Gasteiger partial charge in [-0.1, -0.05) is 42.5 Å². The fraction of sp³-hybridized carbons (Fsp3) is 0.118. The number of nitrogens with zero attached hydrogens (tertiary/aromatic N) is 2. The lowest BCUT2D eigenvalue weighted by molar-refractivity contribution is -0.400. The Kier molecular flexibility index (Phi) is 5.46. The van der Waals surface area contributed by atoms with Crippen LogP contribution in [0.1, 0.15) is 11.1 Å². The molecular weight excluding hydrogens is 296 g/mol. The lowest BCUT2D eigenvalue weighted by Gasteiger charge is -2.17. The van der Waals surface area contributed by atoms with E-state index < -0.39 is 11.0 Å². The summed E-state index contributed by atoms with van der Waals surface area (Å²) in [7, 11) is 1.59. The second kappa shape index (κ2) is 7.74. The Labute approximate surface area is 133 Å². The van der Waals surface area contributed by atoms with E-state index in [1.165, 1.54) is 11.0 Å². The van der Waals surface area contributed by atoms with E-state index in [4.69, 9.17) is 4.74 Å².